The van der Waals surface area contributed by atoms with E-state index in [-0.39, 0.29) is 18.4 Å². The fraction of sp³-hybridized carbons (Fsp3) is 0.444. The number of anilines is 3. The first-order chi connectivity index (χ1) is 13.4. The van der Waals surface area contributed by atoms with Crippen molar-refractivity contribution in [2.45, 2.75) is 38.2 Å². The number of rotatable bonds is 6. The molecule has 4 rings (SSSR count). The fourth-order valence-electron chi connectivity index (χ4n) is 3.06. The van der Waals surface area contributed by atoms with Crippen LogP contribution in [-0.4, -0.2) is 35.1 Å². The molecule has 0 amide bonds. The van der Waals surface area contributed by atoms with Crippen molar-refractivity contribution in [1.29, 1.82) is 0 Å². The van der Waals surface area contributed by atoms with Gasteiger partial charge in [0.05, 0.1) is 6.61 Å². The van der Waals surface area contributed by atoms with E-state index >= 15 is 0 Å². The van der Waals surface area contributed by atoms with Crippen LogP contribution in [0.5, 0.6) is 0 Å². The smallest absolute Gasteiger partial charge is 0.376 e. The van der Waals surface area contributed by atoms with E-state index in [1.807, 2.05) is 0 Å². The molecule has 1 atom stereocenters. The monoisotopic (exact) mass is 391 g/mol. The summed E-state index contributed by atoms with van der Waals surface area (Å²) >= 11 is 0. The molecule has 6 nitrogen and oxygen atoms in total. The van der Waals surface area contributed by atoms with Gasteiger partial charge >= 0.3 is 6.18 Å². The third-order valence-corrected chi connectivity index (χ3v) is 4.77. The molecule has 3 N–H and O–H groups in total. The first kappa shape index (κ1) is 19.0. The van der Waals surface area contributed by atoms with Gasteiger partial charge in [-0.15, -0.1) is 0 Å². The maximum absolute atomic E-state index is 13.2. The molecule has 1 fully saturated rings. The van der Waals surface area contributed by atoms with Crippen molar-refractivity contribution in [3.05, 3.63) is 35.5 Å². The second-order valence-corrected chi connectivity index (χ2v) is 7.02. The highest BCUT2D eigenvalue weighted by atomic mass is 19.4. The van der Waals surface area contributed by atoms with Crippen molar-refractivity contribution >= 4 is 30.2 Å². The van der Waals surface area contributed by atoms with E-state index < -0.39 is 17.9 Å². The van der Waals surface area contributed by atoms with E-state index in [0.29, 0.717) is 18.2 Å². The van der Waals surface area contributed by atoms with E-state index in [0.717, 1.165) is 36.5 Å². The van der Waals surface area contributed by atoms with Crippen LogP contribution >= 0.6 is 0 Å². The minimum absolute atomic E-state index is 0.0719. The van der Waals surface area contributed by atoms with Gasteiger partial charge in [0.15, 0.2) is 0 Å². The lowest BCUT2D eigenvalue weighted by Gasteiger charge is -2.21. The largest absolute Gasteiger partial charge is 0.421 e. The minimum Gasteiger partial charge on any atom is -0.376 e. The molecule has 1 saturated carbocycles. The van der Waals surface area contributed by atoms with E-state index in [2.05, 4.69) is 20.6 Å². The highest BCUT2D eigenvalue weighted by Crippen LogP contribution is 2.35. The summed E-state index contributed by atoms with van der Waals surface area (Å²) in [4.78, 5) is 7.86. The maximum atomic E-state index is 13.2. The molecule has 0 spiro atoms. The summed E-state index contributed by atoms with van der Waals surface area (Å²) in [6.07, 6.45) is -1.56. The summed E-state index contributed by atoms with van der Waals surface area (Å²) in [6, 6.07) is 5.33. The molecular formula is C18H19BF3N4O2. The first-order valence-electron chi connectivity index (χ1n) is 9.11. The Hall–Kier alpha value is -2.33. The average Bonchev–Trinajstić information content (AvgIpc) is 3.45. The number of hydrogen-bond donors (Lipinski definition) is 3. The molecule has 2 heterocycles. The molecule has 1 unspecified atom stereocenters. The zero-order chi connectivity index (χ0) is 19.7. The van der Waals surface area contributed by atoms with E-state index in [1.165, 1.54) is 0 Å². The van der Waals surface area contributed by atoms with Gasteiger partial charge in [-0.1, -0.05) is 24.4 Å². The number of alkyl halides is 3. The highest BCUT2D eigenvalue weighted by Gasteiger charge is 2.35. The van der Waals surface area contributed by atoms with Gasteiger partial charge in [0.1, 0.15) is 17.6 Å². The predicted octanol–water partition coefficient (Wildman–Crippen LogP) is 2.59. The summed E-state index contributed by atoms with van der Waals surface area (Å²) in [5, 5.41) is 15.2. The molecule has 2 aliphatic rings. The molecule has 1 aromatic heterocycles. The quantitative estimate of drug-likeness (QED) is 0.658. The number of aliphatic hydroxyl groups is 1. The number of aromatic nitrogens is 2. The van der Waals surface area contributed by atoms with E-state index in [1.54, 1.807) is 25.5 Å². The lowest BCUT2D eigenvalue weighted by molar-refractivity contribution is -0.137. The van der Waals surface area contributed by atoms with Crippen molar-refractivity contribution in [3.8, 4) is 0 Å². The van der Waals surface area contributed by atoms with E-state index in [9.17, 15) is 18.3 Å². The second-order valence-electron chi connectivity index (χ2n) is 7.02. The summed E-state index contributed by atoms with van der Waals surface area (Å²) in [6.45, 7) is 0.683. The van der Waals surface area contributed by atoms with Gasteiger partial charge in [0.25, 0.3) is 0 Å². The van der Waals surface area contributed by atoms with Gasteiger partial charge in [-0.25, -0.2) is 4.98 Å². The van der Waals surface area contributed by atoms with Crippen LogP contribution in [0.25, 0.3) is 0 Å². The lowest BCUT2D eigenvalue weighted by atomic mass is 9.66. The number of halogens is 3. The van der Waals surface area contributed by atoms with Crippen LogP contribution in [0.15, 0.2) is 24.4 Å². The van der Waals surface area contributed by atoms with Gasteiger partial charge in [-0.2, -0.15) is 18.2 Å². The number of aliphatic hydroxyl groups excluding tert-OH is 1. The van der Waals surface area contributed by atoms with Crippen LogP contribution in [-0.2, 0) is 17.5 Å². The van der Waals surface area contributed by atoms with Gasteiger partial charge < -0.3 is 20.5 Å². The van der Waals surface area contributed by atoms with Crippen molar-refractivity contribution in [2.24, 2.45) is 5.92 Å². The normalized spacial score (nSPS) is 18.9. The Morgan fingerprint density at radius 2 is 2.11 bits per heavy atom. The number of benzene rings is 1. The standard InChI is InChI=1S/C18H19BF3N4O2/c20-18(21,22)13-8-24-17(26-15(13)23-6-5-10-1-2-10)25-12-3-4-14-11(7-12)9-28-16(27)19-14/h3-4,7-8,10,16,27H,1-2,5-6,9H2,(H2,23,24,25,26). The number of nitrogens with zero attached hydrogens (tertiary/aromatic N) is 2. The molecule has 10 heteroatoms. The lowest BCUT2D eigenvalue weighted by Crippen LogP contribution is -2.37. The van der Waals surface area contributed by atoms with Crippen molar-refractivity contribution in [2.75, 3.05) is 17.2 Å². The Bertz CT molecular complexity index is 861. The molecule has 2 aromatic rings. The molecule has 1 aliphatic heterocycles. The van der Waals surface area contributed by atoms with Gasteiger partial charge in [-0.3, -0.25) is 0 Å². The van der Waals surface area contributed by atoms with Crippen LogP contribution in [0.4, 0.5) is 30.6 Å². The molecule has 1 radical (unpaired) electrons. The number of nitrogens with one attached hydrogen (secondary N) is 2. The molecule has 0 bridgehead atoms. The van der Waals surface area contributed by atoms with Crippen molar-refractivity contribution in [3.63, 3.8) is 0 Å². The number of fused-ring (bicyclic) bond motifs is 1. The maximum Gasteiger partial charge on any atom is 0.421 e. The predicted molar refractivity (Wildman–Crippen MR) is 98.8 cm³/mol. The van der Waals surface area contributed by atoms with Crippen LogP contribution in [0.3, 0.4) is 0 Å². The fourth-order valence-corrected chi connectivity index (χ4v) is 3.06. The van der Waals surface area contributed by atoms with Crippen LogP contribution in [0, 0.1) is 5.92 Å². The number of hydrogen-bond acceptors (Lipinski definition) is 6. The third kappa shape index (κ3) is 4.56. The Kier molecular flexibility index (Phi) is 5.16. The van der Waals surface area contributed by atoms with E-state index in [4.69, 9.17) is 4.74 Å². The molecule has 1 aromatic carbocycles. The zero-order valence-corrected chi connectivity index (χ0v) is 15.0. The minimum atomic E-state index is -4.53. The Morgan fingerprint density at radius 3 is 2.86 bits per heavy atom. The Balaban J connectivity index is 1.52. The molecular weight excluding hydrogens is 372 g/mol. The number of ether oxygens (including phenoxy) is 1. The van der Waals surface area contributed by atoms with Gasteiger partial charge in [0.2, 0.25) is 13.2 Å². The second kappa shape index (κ2) is 7.59. The summed E-state index contributed by atoms with van der Waals surface area (Å²) in [5.74, 6) is 0.459. The first-order valence-corrected chi connectivity index (χ1v) is 9.11. The SMILES string of the molecule is OC1[B]c2ccc(Nc3ncc(C(F)(F)F)c(NCCC4CC4)n3)cc2CO1. The van der Waals surface area contributed by atoms with Crippen molar-refractivity contribution in [1.82, 2.24) is 9.97 Å². The average molecular weight is 391 g/mol. The molecule has 28 heavy (non-hydrogen) atoms. The third-order valence-electron chi connectivity index (χ3n) is 4.77. The highest BCUT2D eigenvalue weighted by molar-refractivity contribution is 6.55. The van der Waals surface area contributed by atoms with Gasteiger partial charge in [-0.05, 0) is 30.0 Å². The zero-order valence-electron chi connectivity index (χ0n) is 15.0. The van der Waals surface area contributed by atoms with Crippen LogP contribution in [0.2, 0.25) is 0 Å². The summed E-state index contributed by atoms with van der Waals surface area (Å²) < 4.78 is 44.9. The Morgan fingerprint density at radius 1 is 1.29 bits per heavy atom. The van der Waals surface area contributed by atoms with Crippen LogP contribution in [0.1, 0.15) is 30.4 Å². The van der Waals surface area contributed by atoms with Gasteiger partial charge in [0, 0.05) is 18.4 Å². The summed E-state index contributed by atoms with van der Waals surface area (Å²) in [5.41, 5.74) is 1.44. The molecule has 147 valence electrons. The summed E-state index contributed by atoms with van der Waals surface area (Å²) in [7, 11) is 1.58. The topological polar surface area (TPSA) is 79.3 Å². The van der Waals surface area contributed by atoms with Crippen LogP contribution < -0.4 is 16.1 Å². The molecule has 1 aliphatic carbocycles. The van der Waals surface area contributed by atoms with Crippen molar-refractivity contribution < 1.29 is 23.0 Å². The Labute approximate surface area is 160 Å². The molecule has 0 saturated heterocycles.